The molecule has 2 aliphatic heterocycles. The molecule has 0 aromatic heterocycles. The van der Waals surface area contributed by atoms with Crippen LogP contribution < -0.4 is 0 Å². The average molecular weight is 381 g/mol. The lowest BCUT2D eigenvalue weighted by atomic mass is 10.1. The van der Waals surface area contributed by atoms with E-state index in [-0.39, 0.29) is 23.9 Å². The van der Waals surface area contributed by atoms with Gasteiger partial charge < -0.3 is 23.4 Å². The maximum atomic E-state index is 6.36. The van der Waals surface area contributed by atoms with Crippen LogP contribution in [0.5, 0.6) is 0 Å². The van der Waals surface area contributed by atoms with E-state index in [0.29, 0.717) is 6.61 Å². The lowest BCUT2D eigenvalue weighted by Gasteiger charge is -2.37. The Morgan fingerprint density at radius 3 is 2.35 bits per heavy atom. The molecule has 0 N–H and O–H groups in total. The van der Waals surface area contributed by atoms with Gasteiger partial charge in [0.1, 0.15) is 18.8 Å². The van der Waals surface area contributed by atoms with E-state index < -0.39 is 26.0 Å². The summed E-state index contributed by atoms with van der Waals surface area (Å²) in [4.78, 5) is 0. The summed E-state index contributed by atoms with van der Waals surface area (Å²) in [6, 6.07) is 0. The van der Waals surface area contributed by atoms with Gasteiger partial charge >= 0.3 is 0 Å². The Balaban J connectivity index is 2.25. The van der Waals surface area contributed by atoms with Gasteiger partial charge in [0, 0.05) is 0 Å². The molecular weight excluding hydrogens is 348 g/mol. The molecule has 2 aliphatic rings. The SMILES string of the molecule is C#CCOC1(C#CC)OC(CO[Si](C)(C)C(C)(C)C)C2OC(C)(C)OC21. The number of rotatable bonds is 5. The van der Waals surface area contributed by atoms with Crippen LogP contribution in [0.3, 0.4) is 0 Å². The Morgan fingerprint density at radius 1 is 1.15 bits per heavy atom. The van der Waals surface area contributed by atoms with Crippen molar-refractivity contribution in [2.75, 3.05) is 13.2 Å². The zero-order valence-electron chi connectivity index (χ0n) is 17.3. The van der Waals surface area contributed by atoms with Crippen LogP contribution in [-0.2, 0) is 23.4 Å². The van der Waals surface area contributed by atoms with Crippen molar-refractivity contribution in [2.24, 2.45) is 0 Å². The molecule has 0 aromatic rings. The van der Waals surface area contributed by atoms with E-state index in [1.165, 1.54) is 0 Å². The molecule has 0 saturated carbocycles. The standard InChI is InChI=1S/C20H32O5Si/c1-10-12-20(21-13-11-2)17-16(24-19(6,7)25-17)15(23-20)14-22-26(8,9)18(3,4)5/h2,15-17H,13-14H2,1,3-9H3. The summed E-state index contributed by atoms with van der Waals surface area (Å²) < 4.78 is 30.6. The molecule has 5 nitrogen and oxygen atoms in total. The molecule has 4 atom stereocenters. The summed E-state index contributed by atoms with van der Waals surface area (Å²) in [5, 5.41) is 0.109. The van der Waals surface area contributed by atoms with Gasteiger partial charge in [-0.1, -0.05) is 26.7 Å². The number of fused-ring (bicyclic) bond motifs is 1. The average Bonchev–Trinajstić information content (AvgIpc) is 2.96. The molecule has 2 heterocycles. The molecule has 0 aliphatic carbocycles. The zero-order valence-corrected chi connectivity index (χ0v) is 18.3. The van der Waals surface area contributed by atoms with Gasteiger partial charge in [0.2, 0.25) is 0 Å². The maximum Gasteiger partial charge on any atom is 0.265 e. The normalized spacial score (nSPS) is 33.3. The second kappa shape index (κ2) is 7.28. The van der Waals surface area contributed by atoms with Gasteiger partial charge in [-0.2, -0.15) is 0 Å². The van der Waals surface area contributed by atoms with Crippen molar-refractivity contribution in [1.82, 2.24) is 0 Å². The van der Waals surface area contributed by atoms with Crippen molar-refractivity contribution in [3.8, 4) is 24.2 Å². The van der Waals surface area contributed by atoms with Crippen LogP contribution in [-0.4, -0.2) is 51.4 Å². The Labute approximate surface area is 159 Å². The van der Waals surface area contributed by atoms with Crippen LogP contribution in [0.15, 0.2) is 0 Å². The molecule has 0 bridgehead atoms. The van der Waals surface area contributed by atoms with E-state index in [1.807, 2.05) is 13.8 Å². The molecule has 0 spiro atoms. The second-order valence-electron chi connectivity index (χ2n) is 8.78. The monoisotopic (exact) mass is 380 g/mol. The number of hydrogen-bond acceptors (Lipinski definition) is 5. The van der Waals surface area contributed by atoms with E-state index >= 15 is 0 Å². The third-order valence-electron chi connectivity index (χ3n) is 5.28. The fourth-order valence-electron chi connectivity index (χ4n) is 2.93. The van der Waals surface area contributed by atoms with E-state index in [2.05, 4.69) is 51.6 Å². The van der Waals surface area contributed by atoms with Gasteiger partial charge in [-0.25, -0.2) is 0 Å². The van der Waals surface area contributed by atoms with E-state index in [1.54, 1.807) is 6.92 Å². The molecule has 0 aromatic carbocycles. The van der Waals surface area contributed by atoms with Gasteiger partial charge in [0.25, 0.3) is 5.79 Å². The van der Waals surface area contributed by atoms with E-state index in [0.717, 1.165) is 0 Å². The minimum absolute atomic E-state index is 0.0809. The Morgan fingerprint density at radius 2 is 1.81 bits per heavy atom. The third-order valence-corrected chi connectivity index (χ3v) is 9.78. The largest absolute Gasteiger partial charge is 0.414 e. The molecule has 2 saturated heterocycles. The van der Waals surface area contributed by atoms with Crippen molar-refractivity contribution < 1.29 is 23.4 Å². The van der Waals surface area contributed by atoms with Crippen molar-refractivity contribution >= 4 is 8.32 Å². The maximum absolute atomic E-state index is 6.36. The highest BCUT2D eigenvalue weighted by molar-refractivity contribution is 6.74. The van der Waals surface area contributed by atoms with Crippen LogP contribution in [0.2, 0.25) is 18.1 Å². The molecular formula is C20H32O5Si. The minimum atomic E-state index is -1.93. The summed E-state index contributed by atoms with van der Waals surface area (Å²) in [6.45, 7) is 17.0. The highest BCUT2D eigenvalue weighted by atomic mass is 28.4. The van der Waals surface area contributed by atoms with E-state index in [9.17, 15) is 0 Å². The van der Waals surface area contributed by atoms with E-state index in [4.69, 9.17) is 29.8 Å². The van der Waals surface area contributed by atoms with Crippen molar-refractivity contribution in [2.45, 2.75) is 89.6 Å². The first-order chi connectivity index (χ1) is 11.9. The highest BCUT2D eigenvalue weighted by Gasteiger charge is 2.64. The second-order valence-corrected chi connectivity index (χ2v) is 13.6. The molecule has 0 amide bonds. The first-order valence-electron chi connectivity index (χ1n) is 9.06. The van der Waals surface area contributed by atoms with Gasteiger partial charge in [0.05, 0.1) is 6.61 Å². The smallest absolute Gasteiger partial charge is 0.265 e. The van der Waals surface area contributed by atoms with Crippen molar-refractivity contribution in [3.05, 3.63) is 0 Å². The predicted molar refractivity (Wildman–Crippen MR) is 103 cm³/mol. The summed E-state index contributed by atoms with van der Waals surface area (Å²) in [7, 11) is -1.93. The summed E-state index contributed by atoms with van der Waals surface area (Å²) in [6.07, 6.45) is 4.24. The Hall–Kier alpha value is -0.863. The fraction of sp³-hybridized carbons (Fsp3) is 0.800. The number of ether oxygens (including phenoxy) is 4. The highest BCUT2D eigenvalue weighted by Crippen LogP contribution is 2.45. The quantitative estimate of drug-likeness (QED) is 0.541. The molecule has 6 heteroatoms. The van der Waals surface area contributed by atoms with Gasteiger partial charge in [-0.3, -0.25) is 0 Å². The third kappa shape index (κ3) is 4.17. The van der Waals surface area contributed by atoms with Crippen LogP contribution in [0.25, 0.3) is 0 Å². The van der Waals surface area contributed by atoms with Crippen LogP contribution in [0.4, 0.5) is 0 Å². The number of hydrogen-bond donors (Lipinski definition) is 0. The van der Waals surface area contributed by atoms with Crippen LogP contribution >= 0.6 is 0 Å². The Kier molecular flexibility index (Phi) is 6.00. The molecule has 146 valence electrons. The molecule has 4 unspecified atom stereocenters. The van der Waals surface area contributed by atoms with Crippen LogP contribution in [0, 0.1) is 24.2 Å². The van der Waals surface area contributed by atoms with Crippen molar-refractivity contribution in [1.29, 1.82) is 0 Å². The topological polar surface area (TPSA) is 46.2 Å². The lowest BCUT2D eigenvalue weighted by molar-refractivity contribution is -0.264. The number of terminal acetylenes is 1. The minimum Gasteiger partial charge on any atom is -0.414 e. The Bertz CT molecular complexity index is 619. The van der Waals surface area contributed by atoms with Gasteiger partial charge in [-0.05, 0) is 44.8 Å². The van der Waals surface area contributed by atoms with Crippen molar-refractivity contribution in [3.63, 3.8) is 0 Å². The van der Waals surface area contributed by atoms with Gasteiger partial charge in [0.15, 0.2) is 20.2 Å². The molecule has 2 fully saturated rings. The fourth-order valence-corrected chi connectivity index (χ4v) is 3.94. The lowest BCUT2D eigenvalue weighted by Crippen LogP contribution is -2.45. The molecule has 26 heavy (non-hydrogen) atoms. The predicted octanol–water partition coefficient (Wildman–Crippen LogP) is 3.30. The molecule has 0 radical (unpaired) electrons. The summed E-state index contributed by atoms with van der Waals surface area (Å²) >= 11 is 0. The van der Waals surface area contributed by atoms with Gasteiger partial charge in [-0.15, -0.1) is 12.3 Å². The zero-order chi connectivity index (χ0) is 19.8. The summed E-state index contributed by atoms with van der Waals surface area (Å²) in [5.41, 5.74) is 0. The summed E-state index contributed by atoms with van der Waals surface area (Å²) in [5.74, 6) is 6.40. The molecule has 2 rings (SSSR count). The van der Waals surface area contributed by atoms with Crippen LogP contribution in [0.1, 0.15) is 41.5 Å². The first-order valence-corrected chi connectivity index (χ1v) is 12.0. The first kappa shape index (κ1) is 21.4.